The fourth-order valence-electron chi connectivity index (χ4n) is 2.02. The minimum atomic E-state index is 0.0725. The van der Waals surface area contributed by atoms with Crippen LogP contribution in [0.3, 0.4) is 0 Å². The van der Waals surface area contributed by atoms with E-state index >= 15 is 0 Å². The van der Waals surface area contributed by atoms with E-state index in [0.717, 1.165) is 13.1 Å². The summed E-state index contributed by atoms with van der Waals surface area (Å²) in [6, 6.07) is 0.330. The normalized spacial score (nSPS) is 14.6. The number of nitrogens with two attached hydrogens (primary N) is 1. The van der Waals surface area contributed by atoms with Gasteiger partial charge in [0.15, 0.2) is 0 Å². The molecule has 0 aliphatic heterocycles. The highest BCUT2D eigenvalue weighted by molar-refractivity contribution is 5.76. The SMILES string of the molecule is CCN(CC)C(=O)CC(CN)N(C)C(C)COC. The molecule has 0 aliphatic rings. The van der Waals surface area contributed by atoms with E-state index in [1.54, 1.807) is 7.11 Å². The Morgan fingerprint density at radius 1 is 1.33 bits per heavy atom. The third-order valence-electron chi connectivity index (χ3n) is 3.48. The maximum atomic E-state index is 12.1. The van der Waals surface area contributed by atoms with E-state index in [-0.39, 0.29) is 18.0 Å². The van der Waals surface area contributed by atoms with Gasteiger partial charge < -0.3 is 15.4 Å². The van der Waals surface area contributed by atoms with Crippen molar-refractivity contribution in [3.05, 3.63) is 0 Å². The lowest BCUT2D eigenvalue weighted by Crippen LogP contribution is -2.47. The number of hydrogen-bond acceptors (Lipinski definition) is 4. The van der Waals surface area contributed by atoms with Crippen LogP contribution in [-0.4, -0.2) is 68.2 Å². The van der Waals surface area contributed by atoms with E-state index in [1.165, 1.54) is 0 Å². The van der Waals surface area contributed by atoms with E-state index in [9.17, 15) is 4.79 Å². The second kappa shape index (κ2) is 9.30. The topological polar surface area (TPSA) is 58.8 Å². The molecule has 2 N–H and O–H groups in total. The van der Waals surface area contributed by atoms with Crippen molar-refractivity contribution in [3.63, 3.8) is 0 Å². The first-order valence-corrected chi connectivity index (χ1v) is 6.70. The minimum absolute atomic E-state index is 0.0725. The number of hydrogen-bond donors (Lipinski definition) is 1. The molecule has 5 nitrogen and oxygen atoms in total. The number of carbonyl (C=O) groups excluding carboxylic acids is 1. The summed E-state index contributed by atoms with van der Waals surface area (Å²) >= 11 is 0. The summed E-state index contributed by atoms with van der Waals surface area (Å²) in [6.45, 7) is 8.71. The van der Waals surface area contributed by atoms with Crippen LogP contribution in [0.4, 0.5) is 0 Å². The highest BCUT2D eigenvalue weighted by atomic mass is 16.5. The van der Waals surface area contributed by atoms with Crippen molar-refractivity contribution in [1.29, 1.82) is 0 Å². The van der Waals surface area contributed by atoms with Gasteiger partial charge in [-0.2, -0.15) is 0 Å². The molecule has 0 fully saturated rings. The highest BCUT2D eigenvalue weighted by Crippen LogP contribution is 2.08. The Morgan fingerprint density at radius 3 is 2.28 bits per heavy atom. The van der Waals surface area contributed by atoms with Gasteiger partial charge in [-0.3, -0.25) is 9.69 Å². The van der Waals surface area contributed by atoms with E-state index < -0.39 is 0 Å². The van der Waals surface area contributed by atoms with Crippen LogP contribution in [0.2, 0.25) is 0 Å². The van der Waals surface area contributed by atoms with Crippen LogP contribution in [0.1, 0.15) is 27.2 Å². The zero-order valence-corrected chi connectivity index (χ0v) is 12.5. The van der Waals surface area contributed by atoms with Gasteiger partial charge in [-0.15, -0.1) is 0 Å². The fraction of sp³-hybridized carbons (Fsp3) is 0.923. The minimum Gasteiger partial charge on any atom is -0.383 e. The molecule has 0 saturated heterocycles. The van der Waals surface area contributed by atoms with Crippen molar-refractivity contribution >= 4 is 5.91 Å². The first-order valence-electron chi connectivity index (χ1n) is 6.70. The molecule has 5 heteroatoms. The predicted octanol–water partition coefficient (Wildman–Crippen LogP) is 0.539. The maximum Gasteiger partial charge on any atom is 0.224 e. The van der Waals surface area contributed by atoms with E-state index in [0.29, 0.717) is 19.6 Å². The summed E-state index contributed by atoms with van der Waals surface area (Å²) in [5.74, 6) is 0.173. The molecule has 0 saturated carbocycles. The highest BCUT2D eigenvalue weighted by Gasteiger charge is 2.23. The summed E-state index contributed by atoms with van der Waals surface area (Å²) in [6.07, 6.45) is 0.475. The van der Waals surface area contributed by atoms with Crippen LogP contribution < -0.4 is 5.73 Å². The molecule has 0 heterocycles. The molecule has 0 bridgehead atoms. The Balaban J connectivity index is 4.45. The lowest BCUT2D eigenvalue weighted by atomic mass is 10.1. The smallest absolute Gasteiger partial charge is 0.224 e. The molecular weight excluding hydrogens is 230 g/mol. The van der Waals surface area contributed by atoms with Gasteiger partial charge in [0.05, 0.1) is 6.61 Å². The zero-order valence-electron chi connectivity index (χ0n) is 12.5. The fourth-order valence-corrected chi connectivity index (χ4v) is 2.02. The van der Waals surface area contributed by atoms with Crippen LogP contribution in [0.25, 0.3) is 0 Å². The molecule has 108 valence electrons. The molecule has 0 radical (unpaired) electrons. The van der Waals surface area contributed by atoms with Crippen molar-refractivity contribution in [2.75, 3.05) is 40.4 Å². The maximum absolute atomic E-state index is 12.1. The Bertz CT molecular complexity index is 232. The van der Waals surface area contributed by atoms with Crippen LogP contribution >= 0.6 is 0 Å². The van der Waals surface area contributed by atoms with Crippen molar-refractivity contribution in [2.45, 2.75) is 39.3 Å². The summed E-state index contributed by atoms with van der Waals surface area (Å²) in [4.78, 5) is 16.0. The van der Waals surface area contributed by atoms with Crippen LogP contribution in [0, 0.1) is 0 Å². The molecule has 0 aliphatic carbocycles. The standard InChI is InChI=1S/C13H29N3O2/c1-6-16(7-2)13(17)8-12(9-14)15(4)11(3)10-18-5/h11-12H,6-10,14H2,1-5H3. The van der Waals surface area contributed by atoms with Crippen LogP contribution in [0.15, 0.2) is 0 Å². The average Bonchev–Trinajstić information content (AvgIpc) is 2.36. The summed E-state index contributed by atoms with van der Waals surface area (Å²) < 4.78 is 5.14. The van der Waals surface area contributed by atoms with Crippen LogP contribution in [0.5, 0.6) is 0 Å². The number of likely N-dealkylation sites (N-methyl/N-ethyl adjacent to an activating group) is 1. The quantitative estimate of drug-likeness (QED) is 0.656. The molecule has 0 aromatic carbocycles. The lowest BCUT2D eigenvalue weighted by molar-refractivity contribution is -0.132. The van der Waals surface area contributed by atoms with Crippen molar-refractivity contribution < 1.29 is 9.53 Å². The number of methoxy groups -OCH3 is 1. The van der Waals surface area contributed by atoms with Crippen molar-refractivity contribution in [3.8, 4) is 0 Å². The zero-order chi connectivity index (χ0) is 14.1. The molecule has 18 heavy (non-hydrogen) atoms. The van der Waals surface area contributed by atoms with Crippen molar-refractivity contribution in [1.82, 2.24) is 9.80 Å². The second-order valence-corrected chi connectivity index (χ2v) is 4.63. The molecule has 0 aromatic rings. The molecule has 2 unspecified atom stereocenters. The number of rotatable bonds is 9. The summed E-state index contributed by atoms with van der Waals surface area (Å²) in [5, 5.41) is 0. The first-order chi connectivity index (χ1) is 8.51. The number of ether oxygens (including phenoxy) is 1. The third-order valence-corrected chi connectivity index (χ3v) is 3.48. The predicted molar refractivity (Wildman–Crippen MR) is 74.5 cm³/mol. The first kappa shape index (κ1) is 17.4. The Hall–Kier alpha value is -0.650. The van der Waals surface area contributed by atoms with Gasteiger partial charge in [-0.05, 0) is 27.8 Å². The van der Waals surface area contributed by atoms with Gasteiger partial charge in [0.1, 0.15) is 0 Å². The molecule has 0 rings (SSSR count). The summed E-state index contributed by atoms with van der Waals surface area (Å²) in [5.41, 5.74) is 5.79. The average molecular weight is 259 g/mol. The Kier molecular flexibility index (Phi) is 8.97. The van der Waals surface area contributed by atoms with Gasteiger partial charge in [0.25, 0.3) is 0 Å². The Morgan fingerprint density at radius 2 is 1.89 bits per heavy atom. The molecule has 0 aromatic heterocycles. The lowest BCUT2D eigenvalue weighted by Gasteiger charge is -2.33. The number of carbonyl (C=O) groups is 1. The molecular formula is C13H29N3O2. The van der Waals surface area contributed by atoms with Crippen LogP contribution in [-0.2, 0) is 9.53 Å². The summed E-state index contributed by atoms with van der Waals surface area (Å²) in [7, 11) is 3.68. The van der Waals surface area contributed by atoms with E-state index in [1.807, 2.05) is 25.8 Å². The van der Waals surface area contributed by atoms with Gasteiger partial charge in [0.2, 0.25) is 5.91 Å². The molecule has 0 spiro atoms. The van der Waals surface area contributed by atoms with Gasteiger partial charge >= 0.3 is 0 Å². The Labute approximate surface area is 111 Å². The second-order valence-electron chi connectivity index (χ2n) is 4.63. The largest absolute Gasteiger partial charge is 0.383 e. The number of nitrogens with zero attached hydrogens (tertiary/aromatic N) is 2. The molecule has 1 amide bonds. The van der Waals surface area contributed by atoms with Gasteiger partial charge in [0, 0.05) is 45.2 Å². The van der Waals surface area contributed by atoms with Crippen molar-refractivity contribution in [2.24, 2.45) is 5.73 Å². The third kappa shape index (κ3) is 5.33. The monoisotopic (exact) mass is 259 g/mol. The van der Waals surface area contributed by atoms with E-state index in [2.05, 4.69) is 11.8 Å². The molecule has 2 atom stereocenters. The van der Waals surface area contributed by atoms with Gasteiger partial charge in [-0.1, -0.05) is 0 Å². The number of amides is 1. The van der Waals surface area contributed by atoms with Gasteiger partial charge in [-0.25, -0.2) is 0 Å². The van der Waals surface area contributed by atoms with E-state index in [4.69, 9.17) is 10.5 Å².